The highest BCUT2D eigenvalue weighted by molar-refractivity contribution is 9.10. The van der Waals surface area contributed by atoms with Gasteiger partial charge in [0, 0.05) is 22.9 Å². The van der Waals surface area contributed by atoms with E-state index in [0.717, 1.165) is 4.47 Å². The Kier molecular flexibility index (Phi) is 3.87. The van der Waals surface area contributed by atoms with Gasteiger partial charge in [0.15, 0.2) is 0 Å². The van der Waals surface area contributed by atoms with E-state index in [9.17, 15) is 8.42 Å². The minimum absolute atomic E-state index is 0.262. The quantitative estimate of drug-likeness (QED) is 0.857. The van der Waals surface area contributed by atoms with Crippen LogP contribution < -0.4 is 10.5 Å². The zero-order valence-electron chi connectivity index (χ0n) is 6.66. The van der Waals surface area contributed by atoms with Crippen molar-refractivity contribution in [3.05, 3.63) is 15.9 Å². The van der Waals surface area contributed by atoms with E-state index in [2.05, 4.69) is 20.7 Å². The molecule has 0 fully saturated rings. The van der Waals surface area contributed by atoms with E-state index in [4.69, 9.17) is 5.73 Å². The molecule has 0 aromatic carbocycles. The number of hydrogen-bond donors (Lipinski definition) is 2. The van der Waals surface area contributed by atoms with Gasteiger partial charge < -0.3 is 5.73 Å². The van der Waals surface area contributed by atoms with Crippen molar-refractivity contribution >= 4 is 37.3 Å². The van der Waals surface area contributed by atoms with E-state index in [-0.39, 0.29) is 6.54 Å². The maximum absolute atomic E-state index is 11.4. The molecule has 0 aliphatic rings. The summed E-state index contributed by atoms with van der Waals surface area (Å²) in [4.78, 5) is 0. The first-order valence-electron chi connectivity index (χ1n) is 3.50. The summed E-state index contributed by atoms with van der Waals surface area (Å²) in [5.41, 5.74) is 5.19. The van der Waals surface area contributed by atoms with Crippen molar-refractivity contribution in [1.29, 1.82) is 0 Å². The van der Waals surface area contributed by atoms with E-state index in [0.29, 0.717) is 10.8 Å². The van der Waals surface area contributed by atoms with Gasteiger partial charge in [-0.25, -0.2) is 13.1 Å². The highest BCUT2D eigenvalue weighted by Gasteiger charge is 2.14. The molecule has 13 heavy (non-hydrogen) atoms. The van der Waals surface area contributed by atoms with E-state index < -0.39 is 10.0 Å². The molecule has 1 aromatic heterocycles. The van der Waals surface area contributed by atoms with Gasteiger partial charge in [-0.05, 0) is 22.0 Å². The van der Waals surface area contributed by atoms with Gasteiger partial charge in [0.1, 0.15) is 4.21 Å². The van der Waals surface area contributed by atoms with Crippen molar-refractivity contribution in [1.82, 2.24) is 4.72 Å². The lowest BCUT2D eigenvalue weighted by Crippen LogP contribution is -2.28. The number of nitrogens with two attached hydrogens (primary N) is 1. The van der Waals surface area contributed by atoms with Gasteiger partial charge in [0.05, 0.1) is 0 Å². The van der Waals surface area contributed by atoms with Crippen LogP contribution in [0.2, 0.25) is 0 Å². The molecule has 0 saturated heterocycles. The van der Waals surface area contributed by atoms with Gasteiger partial charge >= 0.3 is 0 Å². The SMILES string of the molecule is NCCNS(=O)(=O)c1cc(Br)cs1. The Morgan fingerprint density at radius 1 is 1.62 bits per heavy atom. The summed E-state index contributed by atoms with van der Waals surface area (Å²) in [6, 6.07) is 1.56. The second kappa shape index (κ2) is 4.52. The van der Waals surface area contributed by atoms with Crippen LogP contribution in [0.15, 0.2) is 20.1 Å². The van der Waals surface area contributed by atoms with Crippen LogP contribution in [0, 0.1) is 0 Å². The van der Waals surface area contributed by atoms with Crippen molar-refractivity contribution in [2.24, 2.45) is 5.73 Å². The fourth-order valence-electron chi connectivity index (χ4n) is 0.700. The normalized spacial score (nSPS) is 11.8. The first-order valence-corrected chi connectivity index (χ1v) is 6.65. The zero-order valence-corrected chi connectivity index (χ0v) is 9.88. The molecule has 0 bridgehead atoms. The van der Waals surface area contributed by atoms with Gasteiger partial charge in [-0.1, -0.05) is 0 Å². The molecular weight excluding hydrogens is 276 g/mol. The molecule has 3 N–H and O–H groups in total. The highest BCUT2D eigenvalue weighted by Crippen LogP contribution is 2.23. The largest absolute Gasteiger partial charge is 0.329 e. The lowest BCUT2D eigenvalue weighted by Gasteiger charge is -2.01. The van der Waals surface area contributed by atoms with Crippen LogP contribution in [0.3, 0.4) is 0 Å². The van der Waals surface area contributed by atoms with E-state index >= 15 is 0 Å². The Hall–Kier alpha value is 0.0500. The minimum Gasteiger partial charge on any atom is -0.329 e. The molecule has 0 amide bonds. The topological polar surface area (TPSA) is 72.2 Å². The minimum atomic E-state index is -3.34. The van der Waals surface area contributed by atoms with E-state index in [1.165, 1.54) is 11.3 Å². The summed E-state index contributed by atoms with van der Waals surface area (Å²) in [7, 11) is -3.34. The van der Waals surface area contributed by atoms with Gasteiger partial charge in [0.2, 0.25) is 10.0 Å². The Balaban J connectivity index is 2.82. The van der Waals surface area contributed by atoms with E-state index in [1.54, 1.807) is 11.4 Å². The fourth-order valence-corrected chi connectivity index (χ4v) is 3.64. The molecule has 4 nitrogen and oxygen atoms in total. The zero-order chi connectivity index (χ0) is 9.90. The molecule has 0 aliphatic heterocycles. The number of hydrogen-bond acceptors (Lipinski definition) is 4. The average Bonchev–Trinajstić information content (AvgIpc) is 2.49. The van der Waals surface area contributed by atoms with Crippen LogP contribution in [0.4, 0.5) is 0 Å². The van der Waals surface area contributed by atoms with Gasteiger partial charge in [-0.2, -0.15) is 0 Å². The maximum Gasteiger partial charge on any atom is 0.250 e. The van der Waals surface area contributed by atoms with Crippen molar-refractivity contribution in [3.63, 3.8) is 0 Å². The standard InChI is InChI=1S/C6H9BrN2O2S2/c7-5-3-6(12-4-5)13(10,11)9-2-1-8/h3-4,9H,1-2,8H2. The number of rotatable bonds is 4. The molecule has 1 rings (SSSR count). The van der Waals surface area contributed by atoms with Gasteiger partial charge in [0.25, 0.3) is 0 Å². The van der Waals surface area contributed by atoms with Crippen LogP contribution in [0.1, 0.15) is 0 Å². The summed E-state index contributed by atoms with van der Waals surface area (Å²) >= 11 is 4.36. The summed E-state index contributed by atoms with van der Waals surface area (Å²) < 4.78 is 26.3. The Bertz CT molecular complexity index is 374. The monoisotopic (exact) mass is 284 g/mol. The highest BCUT2D eigenvalue weighted by atomic mass is 79.9. The number of nitrogens with one attached hydrogen (secondary N) is 1. The predicted octanol–water partition coefficient (Wildman–Crippen LogP) is 0.748. The van der Waals surface area contributed by atoms with Crippen LogP contribution in [-0.4, -0.2) is 21.5 Å². The first kappa shape index (κ1) is 11.1. The molecule has 0 aliphatic carbocycles. The number of halogens is 1. The molecule has 7 heteroatoms. The molecule has 74 valence electrons. The Labute approximate surface area is 89.3 Å². The molecule has 0 saturated carbocycles. The van der Waals surface area contributed by atoms with Crippen LogP contribution in [0.5, 0.6) is 0 Å². The van der Waals surface area contributed by atoms with Crippen LogP contribution >= 0.6 is 27.3 Å². The third kappa shape index (κ3) is 3.03. The third-order valence-corrected chi connectivity index (χ3v) is 4.91. The second-order valence-corrected chi connectivity index (χ2v) is 6.09. The van der Waals surface area contributed by atoms with Crippen molar-refractivity contribution in [3.8, 4) is 0 Å². The van der Waals surface area contributed by atoms with Gasteiger partial charge in [-0.15, -0.1) is 11.3 Å². The summed E-state index contributed by atoms with van der Waals surface area (Å²) in [5.74, 6) is 0. The smallest absolute Gasteiger partial charge is 0.250 e. The molecule has 0 atom stereocenters. The number of thiophene rings is 1. The van der Waals surface area contributed by atoms with Crippen LogP contribution in [0.25, 0.3) is 0 Å². The first-order chi connectivity index (χ1) is 6.06. The molecule has 0 spiro atoms. The van der Waals surface area contributed by atoms with Crippen LogP contribution in [-0.2, 0) is 10.0 Å². The van der Waals surface area contributed by atoms with Crippen molar-refractivity contribution in [2.45, 2.75) is 4.21 Å². The maximum atomic E-state index is 11.4. The molecular formula is C6H9BrN2O2S2. The average molecular weight is 285 g/mol. The Morgan fingerprint density at radius 3 is 2.77 bits per heavy atom. The second-order valence-electron chi connectivity index (χ2n) is 2.27. The lowest BCUT2D eigenvalue weighted by atomic mass is 10.7. The lowest BCUT2D eigenvalue weighted by molar-refractivity contribution is 0.584. The predicted molar refractivity (Wildman–Crippen MR) is 56.3 cm³/mol. The third-order valence-electron chi connectivity index (χ3n) is 1.24. The molecule has 0 radical (unpaired) electrons. The summed E-state index contributed by atoms with van der Waals surface area (Å²) in [6.45, 7) is 0.559. The summed E-state index contributed by atoms with van der Waals surface area (Å²) in [6.07, 6.45) is 0. The Morgan fingerprint density at radius 2 is 2.31 bits per heavy atom. The van der Waals surface area contributed by atoms with E-state index in [1.807, 2.05) is 0 Å². The molecule has 1 heterocycles. The number of sulfonamides is 1. The van der Waals surface area contributed by atoms with Crippen molar-refractivity contribution in [2.75, 3.05) is 13.1 Å². The molecule has 1 aromatic rings. The molecule has 0 unspecified atom stereocenters. The van der Waals surface area contributed by atoms with Gasteiger partial charge in [-0.3, -0.25) is 0 Å². The van der Waals surface area contributed by atoms with Crippen molar-refractivity contribution < 1.29 is 8.42 Å². The fraction of sp³-hybridized carbons (Fsp3) is 0.333. The summed E-state index contributed by atoms with van der Waals surface area (Å²) in [5, 5.41) is 1.72.